The van der Waals surface area contributed by atoms with Gasteiger partial charge < -0.3 is 19.0 Å². The van der Waals surface area contributed by atoms with Crippen molar-refractivity contribution in [2.75, 3.05) is 30.5 Å². The van der Waals surface area contributed by atoms with Crippen LogP contribution in [0.5, 0.6) is 5.75 Å². The van der Waals surface area contributed by atoms with E-state index in [9.17, 15) is 23.5 Å². The first-order chi connectivity index (χ1) is 26.7. The standard InChI is InChI=1S/C41H55ClN4O8SSi/c1-7-56(8-2,9-3)54-37(31-18-21-34(42)36(24-31)45(55(50)51)28-38(47)53-41(4,5)6)27-44(26-29-14-11-10-12-15-29)22-23-52-32-19-20-33-35(25-32)46(40(48)49)43-39(33)30-16-13-17-30/h10-12,14-15,18-21,24-25,30,37H,7-9,13,16-17,22-23,26-28H2,1-6H3,(H,48,49)(H,50,51). The van der Waals surface area contributed by atoms with Gasteiger partial charge in [-0.2, -0.15) is 9.78 Å². The predicted molar refractivity (Wildman–Crippen MR) is 223 cm³/mol. The number of nitrogens with zero attached hydrogens (tertiary/aromatic N) is 4. The fraction of sp³-hybridized carbons (Fsp3) is 0.488. The third-order valence-electron chi connectivity index (χ3n) is 10.5. The minimum atomic E-state index is -2.58. The van der Waals surface area contributed by atoms with Crippen LogP contribution in [-0.4, -0.2) is 80.8 Å². The highest BCUT2D eigenvalue weighted by atomic mass is 35.5. The number of carbonyl (C=O) groups is 2. The summed E-state index contributed by atoms with van der Waals surface area (Å²) >= 11 is 4.09. The van der Waals surface area contributed by atoms with Crippen molar-refractivity contribution in [2.24, 2.45) is 0 Å². The molecule has 2 atom stereocenters. The van der Waals surface area contributed by atoms with Crippen molar-refractivity contribution in [1.82, 2.24) is 14.7 Å². The Morgan fingerprint density at radius 1 is 1.04 bits per heavy atom. The number of ether oxygens (including phenoxy) is 2. The van der Waals surface area contributed by atoms with E-state index in [0.29, 0.717) is 37.5 Å². The van der Waals surface area contributed by atoms with Crippen molar-refractivity contribution in [1.29, 1.82) is 0 Å². The van der Waals surface area contributed by atoms with Gasteiger partial charge in [0.25, 0.3) is 11.3 Å². The Balaban J connectivity index is 1.45. The summed E-state index contributed by atoms with van der Waals surface area (Å²) in [7, 11) is -2.23. The van der Waals surface area contributed by atoms with E-state index in [-0.39, 0.29) is 16.6 Å². The molecule has 0 bridgehead atoms. The van der Waals surface area contributed by atoms with Crippen molar-refractivity contribution >= 4 is 59.8 Å². The highest BCUT2D eigenvalue weighted by Gasteiger charge is 2.34. The molecule has 12 nitrogen and oxygen atoms in total. The first kappa shape index (κ1) is 43.3. The van der Waals surface area contributed by atoms with Crippen LogP contribution in [0.2, 0.25) is 23.2 Å². The highest BCUT2D eigenvalue weighted by Crippen LogP contribution is 2.40. The fourth-order valence-electron chi connectivity index (χ4n) is 7.09. The number of esters is 1. The normalized spacial score (nSPS) is 14.7. The predicted octanol–water partition coefficient (Wildman–Crippen LogP) is 9.41. The van der Waals surface area contributed by atoms with E-state index < -0.39 is 49.9 Å². The zero-order valence-electron chi connectivity index (χ0n) is 33.2. The third kappa shape index (κ3) is 11.0. The van der Waals surface area contributed by atoms with Gasteiger partial charge in [-0.3, -0.25) is 18.6 Å². The number of rotatable bonds is 19. The van der Waals surface area contributed by atoms with Crippen molar-refractivity contribution in [3.63, 3.8) is 0 Å². The monoisotopic (exact) mass is 826 g/mol. The average molecular weight is 828 g/mol. The first-order valence-corrected chi connectivity index (χ1v) is 23.4. The summed E-state index contributed by atoms with van der Waals surface area (Å²) in [6.07, 6.45) is 1.54. The van der Waals surface area contributed by atoms with Crippen LogP contribution in [0.1, 0.15) is 89.6 Å². The van der Waals surface area contributed by atoms with Crippen molar-refractivity contribution in [2.45, 2.75) is 103 Å². The number of hydrogen-bond acceptors (Lipinski definition) is 8. The molecule has 2 N–H and O–H groups in total. The molecule has 2 unspecified atom stereocenters. The number of carboxylic acid groups (broad SMARTS) is 1. The van der Waals surface area contributed by atoms with E-state index >= 15 is 0 Å². The molecule has 5 rings (SSSR count). The second kappa shape index (κ2) is 19.1. The molecule has 1 aliphatic rings. The number of fused-ring (bicyclic) bond motifs is 1. The highest BCUT2D eigenvalue weighted by molar-refractivity contribution is 7.80. The maximum absolute atomic E-state index is 12.8. The molecule has 1 aromatic heterocycles. The molecule has 1 heterocycles. The van der Waals surface area contributed by atoms with Crippen LogP contribution in [0.25, 0.3) is 10.9 Å². The molecular formula is C41H55ClN4O8SSi. The second-order valence-electron chi connectivity index (χ2n) is 15.4. The summed E-state index contributed by atoms with van der Waals surface area (Å²) in [5.41, 5.74) is 2.63. The van der Waals surface area contributed by atoms with E-state index in [1.54, 1.807) is 39.0 Å². The van der Waals surface area contributed by atoms with E-state index in [1.165, 1.54) is 0 Å². The molecule has 1 aliphatic carbocycles. The Morgan fingerprint density at radius 3 is 2.32 bits per heavy atom. The number of halogens is 1. The maximum Gasteiger partial charge on any atom is 0.432 e. The third-order valence-corrected chi connectivity index (χ3v) is 16.2. The lowest BCUT2D eigenvalue weighted by molar-refractivity contribution is -0.152. The molecule has 0 radical (unpaired) electrons. The Hall–Kier alpha value is -3.79. The van der Waals surface area contributed by atoms with Gasteiger partial charge in [0.1, 0.15) is 24.5 Å². The minimum absolute atomic E-state index is 0.207. The van der Waals surface area contributed by atoms with Crippen LogP contribution in [0.4, 0.5) is 10.5 Å². The lowest BCUT2D eigenvalue weighted by Gasteiger charge is -2.36. The molecule has 56 heavy (non-hydrogen) atoms. The van der Waals surface area contributed by atoms with Crippen LogP contribution in [0.3, 0.4) is 0 Å². The zero-order valence-corrected chi connectivity index (χ0v) is 35.8. The summed E-state index contributed by atoms with van der Waals surface area (Å²) in [4.78, 5) is 27.2. The van der Waals surface area contributed by atoms with Gasteiger partial charge in [0.15, 0.2) is 8.32 Å². The number of anilines is 1. The lowest BCUT2D eigenvalue weighted by atomic mass is 9.82. The zero-order chi connectivity index (χ0) is 40.6. The van der Waals surface area contributed by atoms with E-state index in [0.717, 1.165) is 68.6 Å². The Kier molecular flexibility index (Phi) is 14.8. The Bertz CT molecular complexity index is 1980. The van der Waals surface area contributed by atoms with Crippen LogP contribution < -0.4 is 9.04 Å². The van der Waals surface area contributed by atoms with Gasteiger partial charge in [0.05, 0.1) is 28.0 Å². The largest absolute Gasteiger partial charge is 0.492 e. The average Bonchev–Trinajstić information content (AvgIpc) is 3.50. The summed E-state index contributed by atoms with van der Waals surface area (Å²) in [5, 5.41) is 15.4. The van der Waals surface area contributed by atoms with E-state index in [1.807, 2.05) is 36.4 Å². The van der Waals surface area contributed by atoms with Crippen LogP contribution >= 0.6 is 11.6 Å². The summed E-state index contributed by atoms with van der Waals surface area (Å²) < 4.78 is 44.1. The number of benzene rings is 3. The number of aromatic nitrogens is 2. The molecule has 0 spiro atoms. The Labute approximate surface area is 338 Å². The molecule has 3 aromatic carbocycles. The molecular weight excluding hydrogens is 772 g/mol. The SMILES string of the molecule is CC[Si](CC)(CC)OC(CN(CCOc1ccc2c(C3CCC3)nn(C(=O)O)c2c1)Cc1ccccc1)c1ccc(Cl)c(N(CC(=O)OC(C)(C)C)S(=O)O)c1. The molecule has 1 saturated carbocycles. The van der Waals surface area contributed by atoms with Gasteiger partial charge in [0, 0.05) is 37.0 Å². The van der Waals surface area contributed by atoms with Gasteiger partial charge in [-0.05, 0) is 87.1 Å². The molecule has 304 valence electrons. The van der Waals surface area contributed by atoms with Gasteiger partial charge in [0.2, 0.25) is 0 Å². The van der Waals surface area contributed by atoms with Crippen molar-refractivity contribution in [3.05, 3.63) is 88.6 Å². The first-order valence-electron chi connectivity index (χ1n) is 19.4. The van der Waals surface area contributed by atoms with Gasteiger partial charge in [-0.15, -0.1) is 0 Å². The summed E-state index contributed by atoms with van der Waals surface area (Å²) in [6, 6.07) is 23.6. The Morgan fingerprint density at radius 2 is 1.73 bits per heavy atom. The van der Waals surface area contributed by atoms with Crippen molar-refractivity contribution < 1.29 is 37.4 Å². The number of carbonyl (C=O) groups excluding carboxylic acids is 1. The molecule has 1 fully saturated rings. The van der Waals surface area contributed by atoms with Gasteiger partial charge in [-0.25, -0.2) is 9.00 Å². The number of hydrogen-bond donors (Lipinski definition) is 2. The van der Waals surface area contributed by atoms with E-state index in [2.05, 4.69) is 42.9 Å². The lowest BCUT2D eigenvalue weighted by Crippen LogP contribution is -2.41. The fourth-order valence-corrected chi connectivity index (χ4v) is 10.7. The van der Waals surface area contributed by atoms with Crippen LogP contribution in [0.15, 0.2) is 66.7 Å². The summed E-state index contributed by atoms with van der Waals surface area (Å²) in [5.74, 6) is 0.159. The molecule has 0 amide bonds. The van der Waals surface area contributed by atoms with Crippen molar-refractivity contribution in [3.8, 4) is 5.75 Å². The second-order valence-corrected chi connectivity index (χ2v) is 21.4. The molecule has 15 heteroatoms. The topological polar surface area (TPSA) is 144 Å². The van der Waals surface area contributed by atoms with E-state index in [4.69, 9.17) is 25.5 Å². The molecule has 0 aliphatic heterocycles. The smallest absolute Gasteiger partial charge is 0.432 e. The maximum atomic E-state index is 12.8. The molecule has 0 saturated heterocycles. The summed E-state index contributed by atoms with van der Waals surface area (Å²) in [6.45, 7) is 13.1. The van der Waals surface area contributed by atoms with Crippen LogP contribution in [0, 0.1) is 0 Å². The molecule has 4 aromatic rings. The van der Waals surface area contributed by atoms with Gasteiger partial charge >= 0.3 is 12.1 Å². The van der Waals surface area contributed by atoms with Gasteiger partial charge in [-0.1, -0.05) is 75.2 Å². The minimum Gasteiger partial charge on any atom is -0.492 e. The van der Waals surface area contributed by atoms with Crippen LogP contribution in [-0.2, 0) is 31.8 Å². The quantitative estimate of drug-likeness (QED) is 0.0533.